The van der Waals surface area contributed by atoms with Crippen LogP contribution in [0.2, 0.25) is 5.02 Å². The second-order valence-electron chi connectivity index (χ2n) is 11.9. The van der Waals surface area contributed by atoms with Gasteiger partial charge in [-0.25, -0.2) is 9.59 Å². The first kappa shape index (κ1) is 32.9. The van der Waals surface area contributed by atoms with E-state index in [0.29, 0.717) is 17.9 Å². The monoisotopic (exact) mass is 604 g/mol. The Labute approximate surface area is 251 Å². The molecule has 0 aromatic heterocycles. The fraction of sp³-hybridized carbons (Fsp3) is 0.567. The Balaban J connectivity index is 1.60. The van der Waals surface area contributed by atoms with Crippen molar-refractivity contribution in [3.8, 4) is 0 Å². The number of ether oxygens (including phenoxy) is 2. The molecule has 42 heavy (non-hydrogen) atoms. The average Bonchev–Trinajstić information content (AvgIpc) is 3.55. The maximum Gasteiger partial charge on any atom is 0.408 e. The topological polar surface area (TPSA) is 171 Å². The Bertz CT molecular complexity index is 1200. The van der Waals surface area contributed by atoms with Crippen molar-refractivity contribution in [3.63, 3.8) is 0 Å². The van der Waals surface area contributed by atoms with E-state index in [9.17, 15) is 24.0 Å². The van der Waals surface area contributed by atoms with Gasteiger partial charge in [-0.05, 0) is 70.6 Å². The minimum absolute atomic E-state index is 0.0382. The van der Waals surface area contributed by atoms with Crippen LogP contribution in [-0.4, -0.2) is 65.0 Å². The van der Waals surface area contributed by atoms with Crippen molar-refractivity contribution >= 4 is 41.4 Å². The number of carbonyl (C=O) groups excluding carboxylic acids is 5. The molecule has 1 aromatic carbocycles. The van der Waals surface area contributed by atoms with Gasteiger partial charge in [0.25, 0.3) is 0 Å². The van der Waals surface area contributed by atoms with Gasteiger partial charge >= 0.3 is 12.1 Å². The quantitative estimate of drug-likeness (QED) is 0.176. The van der Waals surface area contributed by atoms with Crippen LogP contribution >= 0.6 is 11.6 Å². The summed E-state index contributed by atoms with van der Waals surface area (Å²) in [5, 5.41) is 3.02. The van der Waals surface area contributed by atoms with Crippen molar-refractivity contribution < 1.29 is 33.4 Å². The molecule has 4 amide bonds. The molecule has 1 aromatic rings. The number of esters is 1. The standard InChI is InChI=1S/C30H41ClN4O7/c1-30(2,3)42-29(40)34-23(13-8-6-4-5-7-10-18-15-22(18)25(32)36)27(38)35-17-21(16-24(35)26(33)37)41-28(39)19-11-9-12-20(31)14-19/h7,9-12,14,18,21-24H,4-6,8,13,15-17H2,1-3H3,(H2,32,36)(H2,33,37)(H,34,40)/b10-7-/t18-,21-,22+,23+,24+/m1/s1. The number of benzene rings is 1. The van der Waals surface area contributed by atoms with Gasteiger partial charge in [-0.15, -0.1) is 0 Å². The van der Waals surface area contributed by atoms with Crippen LogP contribution in [0.25, 0.3) is 0 Å². The molecule has 1 saturated carbocycles. The number of hydrogen-bond donors (Lipinski definition) is 3. The Morgan fingerprint density at radius 3 is 2.45 bits per heavy atom. The summed E-state index contributed by atoms with van der Waals surface area (Å²) in [5.74, 6) is -1.96. The molecule has 2 fully saturated rings. The Morgan fingerprint density at radius 2 is 1.83 bits per heavy atom. The van der Waals surface area contributed by atoms with Crippen LogP contribution in [0.3, 0.4) is 0 Å². The van der Waals surface area contributed by atoms with Crippen LogP contribution in [0.4, 0.5) is 4.79 Å². The Morgan fingerprint density at radius 1 is 1.10 bits per heavy atom. The molecular formula is C30H41ClN4O7. The molecule has 12 heteroatoms. The van der Waals surface area contributed by atoms with Crippen molar-refractivity contribution in [2.24, 2.45) is 23.3 Å². The largest absolute Gasteiger partial charge is 0.457 e. The van der Waals surface area contributed by atoms with E-state index in [1.54, 1.807) is 39.0 Å². The molecular weight excluding hydrogens is 564 g/mol. The Kier molecular flexibility index (Phi) is 11.4. The van der Waals surface area contributed by atoms with E-state index in [1.807, 2.05) is 12.2 Å². The molecule has 3 rings (SSSR count). The van der Waals surface area contributed by atoms with Gasteiger partial charge in [-0.1, -0.05) is 42.7 Å². The predicted molar refractivity (Wildman–Crippen MR) is 156 cm³/mol. The van der Waals surface area contributed by atoms with Gasteiger partial charge in [0.1, 0.15) is 23.8 Å². The van der Waals surface area contributed by atoms with Crippen LogP contribution in [0.1, 0.15) is 76.1 Å². The van der Waals surface area contributed by atoms with Crippen molar-refractivity contribution in [1.29, 1.82) is 0 Å². The van der Waals surface area contributed by atoms with Gasteiger partial charge in [-0.2, -0.15) is 0 Å². The van der Waals surface area contributed by atoms with E-state index in [-0.39, 0.29) is 36.3 Å². The van der Waals surface area contributed by atoms with Crippen molar-refractivity contribution in [1.82, 2.24) is 10.2 Å². The number of likely N-dealkylation sites (tertiary alicyclic amines) is 1. The summed E-state index contributed by atoms with van der Waals surface area (Å²) in [6.07, 6.45) is 6.77. The summed E-state index contributed by atoms with van der Waals surface area (Å²) in [7, 11) is 0. The fourth-order valence-corrected chi connectivity index (χ4v) is 5.14. The molecule has 11 nitrogen and oxygen atoms in total. The number of rotatable bonds is 13. The summed E-state index contributed by atoms with van der Waals surface area (Å²) in [5.41, 5.74) is 10.4. The minimum atomic E-state index is -1.01. The highest BCUT2D eigenvalue weighted by atomic mass is 35.5. The molecule has 5 N–H and O–H groups in total. The number of nitrogens with two attached hydrogens (primary N) is 2. The molecule has 1 heterocycles. The lowest BCUT2D eigenvalue weighted by Crippen LogP contribution is -2.53. The van der Waals surface area contributed by atoms with Crippen molar-refractivity contribution in [3.05, 3.63) is 47.0 Å². The molecule has 0 radical (unpaired) electrons. The normalized spacial score (nSPS) is 22.4. The number of carbonyl (C=O) groups is 5. The number of amides is 4. The number of nitrogens with one attached hydrogen (secondary N) is 1. The number of hydrogen-bond acceptors (Lipinski definition) is 7. The second-order valence-corrected chi connectivity index (χ2v) is 12.3. The predicted octanol–water partition coefficient (Wildman–Crippen LogP) is 3.47. The third-order valence-electron chi connectivity index (χ3n) is 7.15. The first-order valence-electron chi connectivity index (χ1n) is 14.3. The molecule has 5 atom stereocenters. The zero-order valence-electron chi connectivity index (χ0n) is 24.3. The number of allylic oxidation sites excluding steroid dienone is 2. The maximum atomic E-state index is 13.7. The summed E-state index contributed by atoms with van der Waals surface area (Å²) in [4.78, 5) is 63.7. The molecule has 0 unspecified atom stereocenters. The zero-order chi connectivity index (χ0) is 31.0. The highest BCUT2D eigenvalue weighted by Gasteiger charge is 2.43. The second kappa shape index (κ2) is 14.5. The molecule has 1 aliphatic heterocycles. The lowest BCUT2D eigenvalue weighted by Gasteiger charge is -2.28. The highest BCUT2D eigenvalue weighted by Crippen LogP contribution is 2.39. The third-order valence-corrected chi connectivity index (χ3v) is 7.38. The highest BCUT2D eigenvalue weighted by molar-refractivity contribution is 6.30. The first-order valence-corrected chi connectivity index (χ1v) is 14.6. The van der Waals surface area contributed by atoms with Crippen molar-refractivity contribution in [2.45, 2.75) is 89.5 Å². The Hall–Kier alpha value is -3.60. The van der Waals surface area contributed by atoms with Crippen LogP contribution in [0.5, 0.6) is 0 Å². The lowest BCUT2D eigenvalue weighted by molar-refractivity contribution is -0.139. The van der Waals surface area contributed by atoms with E-state index in [2.05, 4.69) is 5.32 Å². The molecule has 2 aliphatic rings. The third kappa shape index (κ3) is 10.0. The molecule has 0 bridgehead atoms. The fourth-order valence-electron chi connectivity index (χ4n) is 4.95. The maximum absolute atomic E-state index is 13.7. The minimum Gasteiger partial charge on any atom is -0.457 e. The van der Waals surface area contributed by atoms with Crippen molar-refractivity contribution in [2.75, 3.05) is 6.54 Å². The summed E-state index contributed by atoms with van der Waals surface area (Å²) >= 11 is 5.97. The summed E-state index contributed by atoms with van der Waals surface area (Å²) in [6.45, 7) is 5.09. The first-order chi connectivity index (χ1) is 19.7. The van der Waals surface area contributed by atoms with Gasteiger partial charge in [0.2, 0.25) is 17.7 Å². The van der Waals surface area contributed by atoms with E-state index >= 15 is 0 Å². The molecule has 1 aliphatic carbocycles. The smallest absolute Gasteiger partial charge is 0.408 e. The average molecular weight is 605 g/mol. The van der Waals surface area contributed by atoms with Crippen LogP contribution in [-0.2, 0) is 23.9 Å². The SMILES string of the molecule is CC(C)(C)OC(=O)N[C@@H](CCCCC/C=C\[C@@H]1C[C@@H]1C(N)=O)C(=O)N1C[C@H](OC(=O)c2cccc(Cl)c2)C[C@H]1C(N)=O. The summed E-state index contributed by atoms with van der Waals surface area (Å²) in [6, 6.07) is 4.29. The number of halogens is 1. The molecule has 230 valence electrons. The van der Waals surface area contributed by atoms with E-state index < -0.39 is 47.7 Å². The number of alkyl carbamates (subject to hydrolysis) is 1. The van der Waals surface area contributed by atoms with Gasteiger partial charge in [0.15, 0.2) is 0 Å². The van der Waals surface area contributed by atoms with Gasteiger partial charge in [0, 0.05) is 17.4 Å². The number of nitrogens with zero attached hydrogens (tertiary/aromatic N) is 1. The van der Waals surface area contributed by atoms with Gasteiger partial charge in [-0.3, -0.25) is 14.4 Å². The molecule has 0 spiro atoms. The van der Waals surface area contributed by atoms with Gasteiger partial charge in [0.05, 0.1) is 12.1 Å². The van der Waals surface area contributed by atoms with E-state index in [0.717, 1.165) is 25.7 Å². The number of unbranched alkanes of at least 4 members (excludes halogenated alkanes) is 3. The summed E-state index contributed by atoms with van der Waals surface area (Å²) < 4.78 is 10.9. The van der Waals surface area contributed by atoms with Crippen LogP contribution in [0, 0.1) is 11.8 Å². The van der Waals surface area contributed by atoms with E-state index in [1.165, 1.54) is 11.0 Å². The molecule has 1 saturated heterocycles. The van der Waals surface area contributed by atoms with E-state index in [4.69, 9.17) is 32.5 Å². The van der Waals surface area contributed by atoms with Gasteiger partial charge < -0.3 is 31.2 Å². The van der Waals surface area contributed by atoms with Crippen LogP contribution in [0.15, 0.2) is 36.4 Å². The van der Waals surface area contributed by atoms with Crippen LogP contribution < -0.4 is 16.8 Å². The zero-order valence-corrected chi connectivity index (χ0v) is 25.1. The number of primary amides is 2. The lowest BCUT2D eigenvalue weighted by atomic mass is 10.0.